The Labute approximate surface area is 201 Å². The predicted octanol–water partition coefficient (Wildman–Crippen LogP) is 6.80. The van der Waals surface area contributed by atoms with Crippen LogP contribution in [0.1, 0.15) is 97.8 Å². The third kappa shape index (κ3) is 18.7. The first-order valence-corrected chi connectivity index (χ1v) is 13.3. The van der Waals surface area contributed by atoms with E-state index in [1.807, 2.05) is 0 Å². The smallest absolute Gasteiger partial charge is 0.333 e. The summed E-state index contributed by atoms with van der Waals surface area (Å²) < 4.78 is 5.38. The molecule has 0 aromatic carbocycles. The highest BCUT2D eigenvalue weighted by Gasteiger charge is 2.16. The quantitative estimate of drug-likeness (QED) is 0.109. The van der Waals surface area contributed by atoms with Gasteiger partial charge in [0.2, 0.25) is 0 Å². The molecule has 0 bridgehead atoms. The topological polar surface area (TPSA) is 32.8 Å². The van der Waals surface area contributed by atoms with E-state index < -0.39 is 0 Å². The molecule has 0 N–H and O–H groups in total. The summed E-state index contributed by atoms with van der Waals surface area (Å²) in [6.07, 6.45) is 16.1. The maximum absolute atomic E-state index is 11.6. The fourth-order valence-electron chi connectivity index (χ4n) is 4.44. The van der Waals surface area contributed by atoms with Gasteiger partial charge in [-0.05, 0) is 65.7 Å². The zero-order valence-electron chi connectivity index (χ0n) is 22.8. The number of unbranched alkanes of at least 4 members (excludes halogenated alkanes) is 9. The number of hydrogen-bond donors (Lipinski definition) is 0. The SMILES string of the molecule is C=C(C)C(=O)OCC(CCCCCCCCCCCCC(CN(C)C)CN(C)C)C(C)C. The molecule has 0 saturated heterocycles. The van der Waals surface area contributed by atoms with Gasteiger partial charge in [-0.3, -0.25) is 0 Å². The van der Waals surface area contributed by atoms with Crippen molar-refractivity contribution in [2.75, 3.05) is 47.9 Å². The predicted molar refractivity (Wildman–Crippen MR) is 140 cm³/mol. The summed E-state index contributed by atoms with van der Waals surface area (Å²) in [5, 5.41) is 0. The normalized spacial score (nSPS) is 12.8. The van der Waals surface area contributed by atoms with Crippen molar-refractivity contribution in [2.45, 2.75) is 97.8 Å². The summed E-state index contributed by atoms with van der Waals surface area (Å²) in [6, 6.07) is 0. The maximum Gasteiger partial charge on any atom is 0.333 e. The lowest BCUT2D eigenvalue weighted by atomic mass is 9.91. The molecule has 0 radical (unpaired) electrons. The van der Waals surface area contributed by atoms with Gasteiger partial charge < -0.3 is 14.5 Å². The molecule has 32 heavy (non-hydrogen) atoms. The van der Waals surface area contributed by atoms with Crippen LogP contribution in [-0.2, 0) is 9.53 Å². The van der Waals surface area contributed by atoms with Gasteiger partial charge in [0.15, 0.2) is 0 Å². The van der Waals surface area contributed by atoms with E-state index >= 15 is 0 Å². The van der Waals surface area contributed by atoms with Gasteiger partial charge >= 0.3 is 5.97 Å². The molecule has 0 heterocycles. The number of hydrogen-bond acceptors (Lipinski definition) is 4. The van der Waals surface area contributed by atoms with Crippen molar-refractivity contribution >= 4 is 5.97 Å². The molecule has 1 unspecified atom stereocenters. The molecule has 1 atom stereocenters. The number of carbonyl (C=O) groups is 1. The lowest BCUT2D eigenvalue weighted by Gasteiger charge is -2.24. The van der Waals surface area contributed by atoms with Gasteiger partial charge in [-0.15, -0.1) is 0 Å². The van der Waals surface area contributed by atoms with Crippen molar-refractivity contribution in [3.05, 3.63) is 12.2 Å². The fraction of sp³-hybridized carbons (Fsp3) is 0.893. The molecule has 0 fully saturated rings. The average molecular weight is 453 g/mol. The second kappa shape index (κ2) is 19.6. The van der Waals surface area contributed by atoms with Crippen molar-refractivity contribution in [2.24, 2.45) is 17.8 Å². The van der Waals surface area contributed by atoms with Crippen molar-refractivity contribution in [1.82, 2.24) is 9.80 Å². The minimum atomic E-state index is -0.252. The molecule has 0 spiro atoms. The molecule has 0 aromatic heterocycles. The summed E-state index contributed by atoms with van der Waals surface area (Å²) in [6.45, 7) is 12.8. The minimum Gasteiger partial charge on any atom is -0.462 e. The van der Waals surface area contributed by atoms with E-state index in [4.69, 9.17) is 4.74 Å². The Morgan fingerprint density at radius 2 is 1.16 bits per heavy atom. The number of ether oxygens (including phenoxy) is 1. The van der Waals surface area contributed by atoms with E-state index in [2.05, 4.69) is 58.4 Å². The van der Waals surface area contributed by atoms with Gasteiger partial charge in [0.1, 0.15) is 0 Å². The van der Waals surface area contributed by atoms with Crippen LogP contribution in [0.15, 0.2) is 12.2 Å². The van der Waals surface area contributed by atoms with E-state index in [0.29, 0.717) is 24.0 Å². The molecule has 190 valence electrons. The highest BCUT2D eigenvalue weighted by Crippen LogP contribution is 2.21. The summed E-state index contributed by atoms with van der Waals surface area (Å²) >= 11 is 0. The van der Waals surface area contributed by atoms with Crippen molar-refractivity contribution in [3.63, 3.8) is 0 Å². The second-order valence-corrected chi connectivity index (χ2v) is 10.9. The van der Waals surface area contributed by atoms with Crippen LogP contribution in [0.3, 0.4) is 0 Å². The molecule has 0 saturated carbocycles. The van der Waals surface area contributed by atoms with Crippen LogP contribution in [0.25, 0.3) is 0 Å². The van der Waals surface area contributed by atoms with Gasteiger partial charge in [-0.1, -0.05) is 84.6 Å². The summed E-state index contributed by atoms with van der Waals surface area (Å²) in [5.74, 6) is 1.56. The summed E-state index contributed by atoms with van der Waals surface area (Å²) in [5.41, 5.74) is 0.491. The Morgan fingerprint density at radius 1 is 0.750 bits per heavy atom. The maximum atomic E-state index is 11.6. The van der Waals surface area contributed by atoms with Crippen molar-refractivity contribution < 1.29 is 9.53 Å². The third-order valence-electron chi connectivity index (χ3n) is 6.40. The second-order valence-electron chi connectivity index (χ2n) is 10.9. The van der Waals surface area contributed by atoms with E-state index in [9.17, 15) is 4.79 Å². The van der Waals surface area contributed by atoms with E-state index in [0.717, 1.165) is 12.3 Å². The first-order chi connectivity index (χ1) is 15.1. The van der Waals surface area contributed by atoms with Crippen LogP contribution in [0.5, 0.6) is 0 Å². The molecule has 0 amide bonds. The molecular weight excluding hydrogens is 396 g/mol. The van der Waals surface area contributed by atoms with Crippen LogP contribution in [0.4, 0.5) is 0 Å². The first kappa shape index (κ1) is 31.1. The van der Waals surface area contributed by atoms with Crippen LogP contribution in [0, 0.1) is 17.8 Å². The van der Waals surface area contributed by atoms with Crippen LogP contribution >= 0.6 is 0 Å². The Kier molecular flexibility index (Phi) is 19.1. The zero-order chi connectivity index (χ0) is 24.4. The molecule has 4 heteroatoms. The van der Waals surface area contributed by atoms with E-state index in [1.165, 1.54) is 83.7 Å². The van der Waals surface area contributed by atoms with Crippen LogP contribution in [-0.4, -0.2) is 63.7 Å². The molecule has 0 aliphatic carbocycles. The number of rotatable bonds is 21. The molecule has 0 aliphatic rings. The molecule has 4 nitrogen and oxygen atoms in total. The van der Waals surface area contributed by atoms with Crippen molar-refractivity contribution in [1.29, 1.82) is 0 Å². The number of carbonyl (C=O) groups excluding carboxylic acids is 1. The first-order valence-electron chi connectivity index (χ1n) is 13.3. The largest absolute Gasteiger partial charge is 0.462 e. The van der Waals surface area contributed by atoms with E-state index in [1.54, 1.807) is 6.92 Å². The third-order valence-corrected chi connectivity index (χ3v) is 6.40. The van der Waals surface area contributed by atoms with Gasteiger partial charge in [-0.25, -0.2) is 4.79 Å². The lowest BCUT2D eigenvalue weighted by molar-refractivity contribution is -0.140. The van der Waals surface area contributed by atoms with Gasteiger partial charge in [0.25, 0.3) is 0 Å². The standard InChI is InChI=1S/C28H56N2O2/c1-24(2)27(23-32-28(31)25(3)4)20-18-16-14-12-10-9-11-13-15-17-19-26(21-29(5)6)22-30(7)8/h24,26-27H,3,9-23H2,1-2,4-8H3. The van der Waals surface area contributed by atoms with E-state index in [-0.39, 0.29) is 5.97 Å². The highest BCUT2D eigenvalue weighted by atomic mass is 16.5. The average Bonchev–Trinajstić information content (AvgIpc) is 2.69. The highest BCUT2D eigenvalue weighted by molar-refractivity contribution is 5.86. The number of nitrogens with zero attached hydrogens (tertiary/aromatic N) is 2. The summed E-state index contributed by atoms with van der Waals surface area (Å²) in [7, 11) is 8.75. The van der Waals surface area contributed by atoms with Gasteiger partial charge in [-0.2, -0.15) is 0 Å². The number of esters is 1. The van der Waals surface area contributed by atoms with Crippen LogP contribution in [0.2, 0.25) is 0 Å². The lowest BCUT2D eigenvalue weighted by Crippen LogP contribution is -2.30. The monoisotopic (exact) mass is 452 g/mol. The van der Waals surface area contributed by atoms with Gasteiger partial charge in [0, 0.05) is 18.7 Å². The Bertz CT molecular complexity index is 464. The molecular formula is C28H56N2O2. The van der Waals surface area contributed by atoms with Crippen molar-refractivity contribution in [3.8, 4) is 0 Å². The molecule has 0 aromatic rings. The Hall–Kier alpha value is -0.870. The molecule has 0 rings (SSSR count). The van der Waals surface area contributed by atoms with Crippen LogP contribution < -0.4 is 0 Å². The fourth-order valence-corrected chi connectivity index (χ4v) is 4.44. The zero-order valence-corrected chi connectivity index (χ0v) is 22.8. The molecule has 0 aliphatic heterocycles. The van der Waals surface area contributed by atoms with Gasteiger partial charge in [0.05, 0.1) is 6.61 Å². The Balaban J connectivity index is 3.66. The summed E-state index contributed by atoms with van der Waals surface area (Å²) in [4.78, 5) is 16.3. The minimum absolute atomic E-state index is 0.252. The Morgan fingerprint density at radius 3 is 1.53 bits per heavy atom.